The van der Waals surface area contributed by atoms with Crippen LogP contribution < -0.4 is 9.64 Å². The molecule has 0 amide bonds. The van der Waals surface area contributed by atoms with Gasteiger partial charge in [0.15, 0.2) is 28.7 Å². The molecule has 3 aromatic rings. The van der Waals surface area contributed by atoms with Gasteiger partial charge in [0, 0.05) is 18.7 Å². The Morgan fingerprint density at radius 1 is 1.25 bits per heavy atom. The van der Waals surface area contributed by atoms with Gasteiger partial charge in [-0.1, -0.05) is 29.4 Å². The summed E-state index contributed by atoms with van der Waals surface area (Å²) in [6.45, 7) is 1.21. The van der Waals surface area contributed by atoms with Crippen LogP contribution in [0, 0.1) is 5.82 Å². The molecule has 1 aliphatic heterocycles. The number of hydrogen-bond donors (Lipinski definition) is 1. The number of methoxy groups -OCH3 is 1. The Balaban J connectivity index is 1.76. The average Bonchev–Trinajstić information content (AvgIpc) is 3.03. The molecule has 0 saturated carbocycles. The van der Waals surface area contributed by atoms with Gasteiger partial charge < -0.3 is 19.3 Å². The molecule has 1 N–H and O–H groups in total. The van der Waals surface area contributed by atoms with Crippen molar-refractivity contribution in [1.82, 2.24) is 5.16 Å². The highest BCUT2D eigenvalue weighted by Gasteiger charge is 2.29. The molecule has 7 heteroatoms. The van der Waals surface area contributed by atoms with Crippen LogP contribution in [0.2, 0.25) is 0 Å². The summed E-state index contributed by atoms with van der Waals surface area (Å²) in [6.07, 6.45) is 1.80. The lowest BCUT2D eigenvalue weighted by molar-refractivity contribution is 0.0697. The number of fused-ring (bicyclic) bond motifs is 1. The third kappa shape index (κ3) is 3.19. The number of ether oxygens (including phenoxy) is 1. The van der Waals surface area contributed by atoms with Crippen LogP contribution in [0.5, 0.6) is 5.75 Å². The number of aromatic nitrogens is 1. The first-order chi connectivity index (χ1) is 13.6. The summed E-state index contributed by atoms with van der Waals surface area (Å²) < 4.78 is 24.1. The van der Waals surface area contributed by atoms with Crippen LogP contribution in [0.3, 0.4) is 0 Å². The average molecular weight is 382 g/mol. The van der Waals surface area contributed by atoms with Gasteiger partial charge in [-0.15, -0.1) is 0 Å². The number of carboxylic acid groups (broad SMARTS) is 1. The zero-order chi connectivity index (χ0) is 19.7. The maximum Gasteiger partial charge on any atom is 0.343 e. The molecule has 28 heavy (non-hydrogen) atoms. The number of anilines is 1. The highest BCUT2D eigenvalue weighted by molar-refractivity contribution is 5.99. The van der Waals surface area contributed by atoms with Crippen molar-refractivity contribution in [2.75, 3.05) is 18.6 Å². The summed E-state index contributed by atoms with van der Waals surface area (Å²) in [4.78, 5) is 14.0. The van der Waals surface area contributed by atoms with E-state index in [0.29, 0.717) is 18.7 Å². The van der Waals surface area contributed by atoms with Gasteiger partial charge in [-0.2, -0.15) is 0 Å². The van der Waals surface area contributed by atoms with Crippen molar-refractivity contribution < 1.29 is 23.6 Å². The SMILES string of the molecule is COc1cc(-c2onc(N3CCCc4ccccc4C3)c2C(=O)O)ccc1F. The minimum Gasteiger partial charge on any atom is -0.494 e. The summed E-state index contributed by atoms with van der Waals surface area (Å²) in [5.74, 6) is -1.31. The van der Waals surface area contributed by atoms with E-state index < -0.39 is 11.8 Å². The van der Waals surface area contributed by atoms with Crippen molar-refractivity contribution in [3.8, 4) is 17.1 Å². The van der Waals surface area contributed by atoms with E-state index in [4.69, 9.17) is 9.26 Å². The number of aryl methyl sites for hydroxylation is 1. The molecule has 0 spiro atoms. The molecule has 2 aromatic carbocycles. The maximum atomic E-state index is 13.7. The Kier molecular flexibility index (Phi) is 4.73. The van der Waals surface area contributed by atoms with E-state index in [1.54, 1.807) is 0 Å². The van der Waals surface area contributed by atoms with E-state index in [1.165, 1.54) is 30.9 Å². The molecule has 1 aliphatic rings. The summed E-state index contributed by atoms with van der Waals surface area (Å²) in [6, 6.07) is 12.2. The van der Waals surface area contributed by atoms with E-state index in [9.17, 15) is 14.3 Å². The molecule has 144 valence electrons. The van der Waals surface area contributed by atoms with Crippen LogP contribution in [0.25, 0.3) is 11.3 Å². The van der Waals surface area contributed by atoms with Crippen molar-refractivity contribution >= 4 is 11.8 Å². The molecular formula is C21H19FN2O4. The first-order valence-electron chi connectivity index (χ1n) is 8.97. The number of aromatic carboxylic acids is 1. The molecular weight excluding hydrogens is 363 g/mol. The van der Waals surface area contributed by atoms with Gasteiger partial charge in [0.25, 0.3) is 0 Å². The number of benzene rings is 2. The predicted molar refractivity (Wildman–Crippen MR) is 101 cm³/mol. The third-order valence-electron chi connectivity index (χ3n) is 4.95. The summed E-state index contributed by atoms with van der Waals surface area (Å²) in [7, 11) is 1.35. The minimum atomic E-state index is -1.15. The van der Waals surface area contributed by atoms with Gasteiger partial charge in [0.05, 0.1) is 7.11 Å². The van der Waals surface area contributed by atoms with Crippen LogP contribution in [0.15, 0.2) is 47.0 Å². The van der Waals surface area contributed by atoms with Gasteiger partial charge in [0.2, 0.25) is 0 Å². The number of rotatable bonds is 4. The zero-order valence-corrected chi connectivity index (χ0v) is 15.3. The van der Waals surface area contributed by atoms with E-state index in [1.807, 2.05) is 23.1 Å². The van der Waals surface area contributed by atoms with Crippen LogP contribution in [0.4, 0.5) is 10.2 Å². The lowest BCUT2D eigenvalue weighted by Crippen LogP contribution is -2.24. The molecule has 2 heterocycles. The van der Waals surface area contributed by atoms with Gasteiger partial charge in [-0.25, -0.2) is 9.18 Å². The molecule has 0 saturated heterocycles. The number of nitrogens with zero attached hydrogens (tertiary/aromatic N) is 2. The predicted octanol–water partition coefficient (Wildman–Crippen LogP) is 4.14. The molecule has 6 nitrogen and oxygen atoms in total. The maximum absolute atomic E-state index is 13.7. The molecule has 0 radical (unpaired) electrons. The van der Waals surface area contributed by atoms with Crippen LogP contribution in [-0.2, 0) is 13.0 Å². The Hall–Kier alpha value is -3.35. The number of carbonyl (C=O) groups is 1. The smallest absolute Gasteiger partial charge is 0.343 e. The molecule has 1 aromatic heterocycles. The number of hydrogen-bond acceptors (Lipinski definition) is 5. The normalized spacial score (nSPS) is 13.7. The van der Waals surface area contributed by atoms with E-state index >= 15 is 0 Å². The molecule has 0 unspecified atom stereocenters. The van der Waals surface area contributed by atoms with Gasteiger partial charge >= 0.3 is 5.97 Å². The Bertz CT molecular complexity index is 1030. The molecule has 4 rings (SSSR count). The Morgan fingerprint density at radius 3 is 2.79 bits per heavy atom. The van der Waals surface area contributed by atoms with Crippen molar-refractivity contribution in [3.63, 3.8) is 0 Å². The van der Waals surface area contributed by atoms with Crippen LogP contribution in [-0.4, -0.2) is 29.9 Å². The van der Waals surface area contributed by atoms with E-state index in [2.05, 4.69) is 11.2 Å². The Morgan fingerprint density at radius 2 is 2.04 bits per heavy atom. The van der Waals surface area contributed by atoms with Crippen LogP contribution in [0.1, 0.15) is 27.9 Å². The van der Waals surface area contributed by atoms with Crippen molar-refractivity contribution in [1.29, 1.82) is 0 Å². The fraction of sp³-hybridized carbons (Fsp3) is 0.238. The van der Waals surface area contributed by atoms with Crippen molar-refractivity contribution in [3.05, 3.63) is 65.0 Å². The molecule has 0 fully saturated rings. The minimum absolute atomic E-state index is 0.00971. The highest BCUT2D eigenvalue weighted by Crippen LogP contribution is 2.35. The second kappa shape index (κ2) is 7.34. The van der Waals surface area contributed by atoms with Crippen molar-refractivity contribution in [2.45, 2.75) is 19.4 Å². The lowest BCUT2D eigenvalue weighted by atomic mass is 10.0. The summed E-state index contributed by atoms with van der Waals surface area (Å²) in [5, 5.41) is 13.9. The topological polar surface area (TPSA) is 75.8 Å². The van der Waals surface area contributed by atoms with Crippen molar-refractivity contribution in [2.24, 2.45) is 0 Å². The monoisotopic (exact) mass is 382 g/mol. The summed E-state index contributed by atoms with van der Waals surface area (Å²) >= 11 is 0. The number of carboxylic acids is 1. The van der Waals surface area contributed by atoms with E-state index in [-0.39, 0.29) is 22.9 Å². The van der Waals surface area contributed by atoms with Gasteiger partial charge in [-0.3, -0.25) is 0 Å². The standard InChI is InChI=1S/C21H19FN2O4/c1-27-17-11-14(8-9-16(17)22)19-18(21(25)26)20(23-28-19)24-10-4-7-13-5-2-3-6-15(13)12-24/h2-3,5-6,8-9,11H,4,7,10,12H2,1H3,(H,25,26). The Labute approximate surface area is 161 Å². The van der Waals surface area contributed by atoms with Gasteiger partial charge in [-0.05, 0) is 42.2 Å². The first-order valence-corrected chi connectivity index (χ1v) is 8.97. The van der Waals surface area contributed by atoms with Crippen LogP contribution >= 0.6 is 0 Å². The molecule has 0 aliphatic carbocycles. The highest BCUT2D eigenvalue weighted by atomic mass is 19.1. The second-order valence-corrected chi connectivity index (χ2v) is 6.66. The quantitative estimate of drug-likeness (QED) is 0.731. The van der Waals surface area contributed by atoms with E-state index in [0.717, 1.165) is 18.4 Å². The zero-order valence-electron chi connectivity index (χ0n) is 15.3. The second-order valence-electron chi connectivity index (χ2n) is 6.66. The van der Waals surface area contributed by atoms with Gasteiger partial charge in [0.1, 0.15) is 0 Å². The lowest BCUT2D eigenvalue weighted by Gasteiger charge is -2.20. The third-order valence-corrected chi connectivity index (χ3v) is 4.95. The number of halogens is 1. The molecule has 0 atom stereocenters. The molecule has 0 bridgehead atoms. The first kappa shape index (κ1) is 18.0. The summed E-state index contributed by atoms with van der Waals surface area (Å²) in [5.41, 5.74) is 2.76. The fourth-order valence-corrected chi connectivity index (χ4v) is 3.57. The largest absolute Gasteiger partial charge is 0.494 e. The fourth-order valence-electron chi connectivity index (χ4n) is 3.57.